The number of nitrogens with zero attached hydrogens (tertiary/aromatic N) is 3. The van der Waals surface area contributed by atoms with Gasteiger partial charge in [0, 0.05) is 43.8 Å². The second-order valence-electron chi connectivity index (χ2n) is 8.92. The summed E-state index contributed by atoms with van der Waals surface area (Å²) in [6.07, 6.45) is -3.92. The molecule has 2 aromatic rings. The van der Waals surface area contributed by atoms with Crippen molar-refractivity contribution in [3.63, 3.8) is 0 Å². The van der Waals surface area contributed by atoms with Crippen LogP contribution >= 0.6 is 11.6 Å². The zero-order valence-electron chi connectivity index (χ0n) is 20.3. The highest BCUT2D eigenvalue weighted by Crippen LogP contribution is 2.31. The van der Waals surface area contributed by atoms with Crippen molar-refractivity contribution >= 4 is 17.5 Å². The first-order valence-electron chi connectivity index (χ1n) is 12.0. The van der Waals surface area contributed by atoms with E-state index in [1.165, 1.54) is 0 Å². The predicted molar refractivity (Wildman–Crippen MR) is 133 cm³/mol. The summed E-state index contributed by atoms with van der Waals surface area (Å²) >= 11 is 5.93. The van der Waals surface area contributed by atoms with E-state index in [1.54, 1.807) is 29.2 Å². The van der Waals surface area contributed by atoms with E-state index in [0.717, 1.165) is 36.3 Å². The predicted octanol–water partition coefficient (Wildman–Crippen LogP) is 4.46. The zero-order valence-corrected chi connectivity index (χ0v) is 21.0. The lowest BCUT2D eigenvalue weighted by molar-refractivity contribution is -0.137. The van der Waals surface area contributed by atoms with Crippen molar-refractivity contribution in [2.24, 2.45) is 5.73 Å². The Hall–Kier alpha value is -2.13. The number of carbonyl (C=O) groups is 1. The Labute approximate surface area is 210 Å². The van der Waals surface area contributed by atoms with Crippen molar-refractivity contribution in [1.82, 2.24) is 14.7 Å². The molecular formula is C26H34ClF3N4O. The van der Waals surface area contributed by atoms with E-state index in [-0.39, 0.29) is 11.9 Å². The Morgan fingerprint density at radius 2 is 1.57 bits per heavy atom. The van der Waals surface area contributed by atoms with Crippen molar-refractivity contribution in [3.8, 4) is 0 Å². The average molecular weight is 511 g/mol. The molecule has 9 heteroatoms. The molecule has 0 aliphatic carbocycles. The van der Waals surface area contributed by atoms with Gasteiger partial charge in [0.05, 0.1) is 11.6 Å². The maximum Gasteiger partial charge on any atom is 0.416 e. The topological polar surface area (TPSA) is 52.8 Å². The van der Waals surface area contributed by atoms with Gasteiger partial charge < -0.3 is 15.5 Å². The largest absolute Gasteiger partial charge is 0.416 e. The van der Waals surface area contributed by atoms with Gasteiger partial charge in [0.15, 0.2) is 0 Å². The van der Waals surface area contributed by atoms with Crippen LogP contribution in [0.15, 0.2) is 48.5 Å². The number of rotatable bonds is 9. The molecule has 2 atom stereocenters. The summed E-state index contributed by atoms with van der Waals surface area (Å²) in [7, 11) is 0. The fourth-order valence-corrected chi connectivity index (χ4v) is 4.63. The first-order chi connectivity index (χ1) is 16.6. The minimum Gasteiger partial charge on any atom is -0.339 e. The van der Waals surface area contributed by atoms with Gasteiger partial charge in [-0.25, -0.2) is 0 Å². The van der Waals surface area contributed by atoms with Gasteiger partial charge in [-0.3, -0.25) is 9.69 Å². The first kappa shape index (κ1) is 27.5. The second-order valence-corrected chi connectivity index (χ2v) is 9.36. The number of amides is 1. The van der Waals surface area contributed by atoms with E-state index in [9.17, 15) is 18.0 Å². The molecule has 35 heavy (non-hydrogen) atoms. The lowest BCUT2D eigenvalue weighted by Gasteiger charge is -2.41. The molecule has 0 bridgehead atoms. The Balaban J connectivity index is 1.66. The molecule has 1 saturated heterocycles. The lowest BCUT2D eigenvalue weighted by Crippen LogP contribution is -2.55. The monoisotopic (exact) mass is 510 g/mol. The smallest absolute Gasteiger partial charge is 0.339 e. The van der Waals surface area contributed by atoms with Crippen LogP contribution in [-0.4, -0.2) is 72.5 Å². The van der Waals surface area contributed by atoms with E-state index in [4.69, 9.17) is 17.3 Å². The van der Waals surface area contributed by atoms with Crippen LogP contribution in [0.3, 0.4) is 0 Å². The molecular weight excluding hydrogens is 477 g/mol. The van der Waals surface area contributed by atoms with E-state index >= 15 is 0 Å². The van der Waals surface area contributed by atoms with Crippen LogP contribution in [0, 0.1) is 0 Å². The standard InChI is InChI=1S/C26H34ClF3N4O/c1-3-32(4-2)18-24(20-7-9-21(10-8-20)26(28,29)30)33-13-15-34(16-14-33)25(35)23(31)17-19-5-11-22(27)12-6-19/h5-12,23-24H,3-4,13-18,31H2,1-2H3/t23-,24?/m1/s1. The fraction of sp³-hybridized carbons (Fsp3) is 0.500. The van der Waals surface area contributed by atoms with Crippen molar-refractivity contribution in [2.75, 3.05) is 45.8 Å². The molecule has 1 amide bonds. The Morgan fingerprint density at radius 1 is 1.00 bits per heavy atom. The third-order valence-electron chi connectivity index (χ3n) is 6.70. The minimum absolute atomic E-state index is 0.0582. The van der Waals surface area contributed by atoms with Crippen LogP contribution in [-0.2, 0) is 17.4 Å². The van der Waals surface area contributed by atoms with Gasteiger partial charge >= 0.3 is 6.18 Å². The molecule has 0 spiro atoms. The van der Waals surface area contributed by atoms with Crippen LogP contribution in [0.5, 0.6) is 0 Å². The maximum atomic E-state index is 13.1. The van der Waals surface area contributed by atoms with Crippen molar-refractivity contribution in [3.05, 3.63) is 70.2 Å². The van der Waals surface area contributed by atoms with Crippen LogP contribution < -0.4 is 5.73 Å². The van der Waals surface area contributed by atoms with Crippen molar-refractivity contribution < 1.29 is 18.0 Å². The highest BCUT2D eigenvalue weighted by molar-refractivity contribution is 6.30. The van der Waals surface area contributed by atoms with Crippen LogP contribution in [0.1, 0.15) is 36.6 Å². The van der Waals surface area contributed by atoms with Gasteiger partial charge in [-0.1, -0.05) is 49.7 Å². The van der Waals surface area contributed by atoms with Crippen molar-refractivity contribution in [2.45, 2.75) is 38.5 Å². The molecule has 1 heterocycles. The van der Waals surface area contributed by atoms with Crippen LogP contribution in [0.25, 0.3) is 0 Å². The SMILES string of the molecule is CCN(CC)CC(c1ccc(C(F)(F)F)cc1)N1CCN(C(=O)[C@H](N)Cc2ccc(Cl)cc2)CC1. The fourth-order valence-electron chi connectivity index (χ4n) is 4.50. The number of likely N-dealkylation sites (N-methyl/N-ethyl adjacent to an activating group) is 1. The van der Waals surface area contributed by atoms with E-state index in [0.29, 0.717) is 44.2 Å². The van der Waals surface area contributed by atoms with E-state index in [1.807, 2.05) is 12.1 Å². The van der Waals surface area contributed by atoms with Gasteiger partial charge in [-0.2, -0.15) is 13.2 Å². The molecule has 5 nitrogen and oxygen atoms in total. The molecule has 2 N–H and O–H groups in total. The number of benzene rings is 2. The molecule has 1 aliphatic rings. The van der Waals surface area contributed by atoms with E-state index in [2.05, 4.69) is 23.6 Å². The van der Waals surface area contributed by atoms with E-state index < -0.39 is 17.8 Å². The highest BCUT2D eigenvalue weighted by atomic mass is 35.5. The molecule has 0 radical (unpaired) electrons. The summed E-state index contributed by atoms with van der Waals surface area (Å²) in [6, 6.07) is 12.1. The molecule has 3 rings (SSSR count). The number of carbonyl (C=O) groups excluding carboxylic acids is 1. The quantitative estimate of drug-likeness (QED) is 0.541. The summed E-state index contributed by atoms with van der Waals surface area (Å²) in [4.78, 5) is 19.3. The minimum atomic E-state index is -4.36. The third-order valence-corrected chi connectivity index (χ3v) is 6.95. The average Bonchev–Trinajstić information content (AvgIpc) is 2.85. The molecule has 1 fully saturated rings. The van der Waals surface area contributed by atoms with Crippen LogP contribution in [0.2, 0.25) is 5.02 Å². The molecule has 0 aromatic heterocycles. The number of halogens is 4. The number of alkyl halides is 3. The normalized spacial score (nSPS) is 17.0. The Bertz CT molecular complexity index is 941. The summed E-state index contributed by atoms with van der Waals surface area (Å²) in [5.74, 6) is -0.0885. The number of hydrogen-bond donors (Lipinski definition) is 1. The van der Waals surface area contributed by atoms with Gasteiger partial charge in [0.2, 0.25) is 5.91 Å². The summed E-state index contributed by atoms with van der Waals surface area (Å²) in [5.41, 5.74) is 7.38. The van der Waals surface area contributed by atoms with Gasteiger partial charge in [0.1, 0.15) is 0 Å². The van der Waals surface area contributed by atoms with Gasteiger partial charge in [-0.05, 0) is 54.9 Å². The Morgan fingerprint density at radius 3 is 2.09 bits per heavy atom. The molecule has 2 aromatic carbocycles. The first-order valence-corrected chi connectivity index (χ1v) is 12.4. The second kappa shape index (κ2) is 12.2. The molecule has 0 saturated carbocycles. The van der Waals surface area contributed by atoms with Gasteiger partial charge in [0.25, 0.3) is 0 Å². The van der Waals surface area contributed by atoms with Crippen LogP contribution in [0.4, 0.5) is 13.2 Å². The molecule has 192 valence electrons. The maximum absolute atomic E-state index is 13.1. The highest BCUT2D eigenvalue weighted by Gasteiger charge is 2.32. The van der Waals surface area contributed by atoms with Crippen molar-refractivity contribution in [1.29, 1.82) is 0 Å². The number of nitrogens with two attached hydrogens (primary N) is 1. The summed E-state index contributed by atoms with van der Waals surface area (Å²) in [6.45, 7) is 8.89. The molecule has 1 aliphatic heterocycles. The summed E-state index contributed by atoms with van der Waals surface area (Å²) < 4.78 is 39.2. The molecule has 1 unspecified atom stereocenters. The third kappa shape index (κ3) is 7.43. The summed E-state index contributed by atoms with van der Waals surface area (Å²) in [5, 5.41) is 0.636. The van der Waals surface area contributed by atoms with Gasteiger partial charge in [-0.15, -0.1) is 0 Å². The number of piperazine rings is 1. The zero-order chi connectivity index (χ0) is 25.6. The Kier molecular flexibility index (Phi) is 9.58. The lowest BCUT2D eigenvalue weighted by atomic mass is 10.0. The number of hydrogen-bond acceptors (Lipinski definition) is 4.